The Labute approximate surface area is 128 Å². The number of carbonyl (C=O) groups is 1. The van der Waals surface area contributed by atoms with E-state index in [2.05, 4.69) is 5.10 Å². The molecule has 3 rings (SSSR count). The van der Waals surface area contributed by atoms with Crippen molar-refractivity contribution in [1.82, 2.24) is 9.61 Å². The van der Waals surface area contributed by atoms with Gasteiger partial charge in [0.05, 0.1) is 12.1 Å². The van der Waals surface area contributed by atoms with Crippen molar-refractivity contribution in [1.29, 1.82) is 0 Å². The normalized spacial score (nSPS) is 11.1. The number of benzene rings is 1. The standard InChI is InChI=1S/C18H16N2O2/c1-2-22-17(21)12-11-15-16-10-6-7-13-20(16)19-18(15)14-8-4-3-5-9-14/h3-13H,2H2,1H3/b12-11+. The van der Waals surface area contributed by atoms with E-state index in [1.165, 1.54) is 6.08 Å². The number of ether oxygens (including phenoxy) is 1. The Balaban J connectivity index is 2.12. The first-order chi connectivity index (χ1) is 10.8. The zero-order valence-corrected chi connectivity index (χ0v) is 12.3. The highest BCUT2D eigenvalue weighted by molar-refractivity contribution is 5.92. The summed E-state index contributed by atoms with van der Waals surface area (Å²) in [5.74, 6) is -0.350. The van der Waals surface area contributed by atoms with Crippen LogP contribution in [0.15, 0.2) is 60.8 Å². The number of fused-ring (bicyclic) bond motifs is 1. The van der Waals surface area contributed by atoms with E-state index in [0.717, 1.165) is 22.3 Å². The maximum Gasteiger partial charge on any atom is 0.330 e. The summed E-state index contributed by atoms with van der Waals surface area (Å²) in [5, 5.41) is 4.62. The monoisotopic (exact) mass is 292 g/mol. The molecule has 110 valence electrons. The Morgan fingerprint density at radius 3 is 2.73 bits per heavy atom. The molecule has 0 bridgehead atoms. The first kappa shape index (κ1) is 14.1. The minimum Gasteiger partial charge on any atom is -0.463 e. The van der Waals surface area contributed by atoms with Gasteiger partial charge in [0.15, 0.2) is 0 Å². The summed E-state index contributed by atoms with van der Waals surface area (Å²) in [5.41, 5.74) is 3.70. The Bertz CT molecular complexity index is 819. The molecule has 0 spiro atoms. The van der Waals surface area contributed by atoms with Crippen molar-refractivity contribution in [3.05, 3.63) is 66.4 Å². The molecule has 0 aliphatic carbocycles. The predicted molar refractivity (Wildman–Crippen MR) is 86.3 cm³/mol. The zero-order chi connectivity index (χ0) is 15.4. The summed E-state index contributed by atoms with van der Waals surface area (Å²) >= 11 is 0. The van der Waals surface area contributed by atoms with Gasteiger partial charge in [-0.3, -0.25) is 0 Å². The van der Waals surface area contributed by atoms with Gasteiger partial charge in [0.25, 0.3) is 0 Å². The SMILES string of the molecule is CCOC(=O)/C=C/c1c(-c2ccccc2)nn2ccccc12. The van der Waals surface area contributed by atoms with E-state index in [1.807, 2.05) is 59.2 Å². The second-order valence-corrected chi connectivity index (χ2v) is 4.74. The smallest absolute Gasteiger partial charge is 0.330 e. The average molecular weight is 292 g/mol. The van der Waals surface area contributed by atoms with E-state index in [-0.39, 0.29) is 5.97 Å². The molecule has 1 aromatic carbocycles. The van der Waals surface area contributed by atoms with Gasteiger partial charge in [0.1, 0.15) is 5.69 Å². The molecule has 0 saturated carbocycles. The summed E-state index contributed by atoms with van der Waals surface area (Å²) < 4.78 is 6.76. The number of hydrogen-bond acceptors (Lipinski definition) is 3. The maximum absolute atomic E-state index is 11.6. The second-order valence-electron chi connectivity index (χ2n) is 4.74. The highest BCUT2D eigenvalue weighted by Crippen LogP contribution is 2.27. The zero-order valence-electron chi connectivity index (χ0n) is 12.3. The van der Waals surface area contributed by atoms with Gasteiger partial charge in [-0.2, -0.15) is 5.10 Å². The molecule has 0 atom stereocenters. The molecule has 4 nitrogen and oxygen atoms in total. The van der Waals surface area contributed by atoms with Gasteiger partial charge in [-0.15, -0.1) is 0 Å². The maximum atomic E-state index is 11.6. The third kappa shape index (κ3) is 2.76. The number of nitrogens with zero attached hydrogens (tertiary/aromatic N) is 2. The molecule has 0 N–H and O–H groups in total. The van der Waals surface area contributed by atoms with Crippen molar-refractivity contribution >= 4 is 17.6 Å². The lowest BCUT2D eigenvalue weighted by molar-refractivity contribution is -0.137. The molecule has 0 unspecified atom stereocenters. The lowest BCUT2D eigenvalue weighted by atomic mass is 10.1. The minimum absolute atomic E-state index is 0.350. The van der Waals surface area contributed by atoms with Crippen molar-refractivity contribution in [2.75, 3.05) is 6.61 Å². The van der Waals surface area contributed by atoms with Gasteiger partial charge >= 0.3 is 5.97 Å². The lowest BCUT2D eigenvalue weighted by Crippen LogP contribution is -1.98. The quantitative estimate of drug-likeness (QED) is 0.545. The van der Waals surface area contributed by atoms with Gasteiger partial charge in [-0.25, -0.2) is 9.31 Å². The molecule has 3 aromatic rings. The van der Waals surface area contributed by atoms with Crippen molar-refractivity contribution in [3.63, 3.8) is 0 Å². The summed E-state index contributed by atoms with van der Waals surface area (Å²) in [6, 6.07) is 15.8. The van der Waals surface area contributed by atoms with Gasteiger partial charge in [-0.1, -0.05) is 36.4 Å². The fourth-order valence-electron chi connectivity index (χ4n) is 2.33. The van der Waals surface area contributed by atoms with Crippen LogP contribution in [-0.2, 0) is 9.53 Å². The summed E-state index contributed by atoms with van der Waals surface area (Å²) in [6.45, 7) is 2.15. The van der Waals surface area contributed by atoms with E-state index < -0.39 is 0 Å². The molecule has 0 aliphatic rings. The molecule has 0 radical (unpaired) electrons. The van der Waals surface area contributed by atoms with Crippen LogP contribution < -0.4 is 0 Å². The van der Waals surface area contributed by atoms with Crippen molar-refractivity contribution in [2.24, 2.45) is 0 Å². The molecular formula is C18H16N2O2. The van der Waals surface area contributed by atoms with Crippen molar-refractivity contribution in [3.8, 4) is 11.3 Å². The topological polar surface area (TPSA) is 43.6 Å². The molecule has 2 aromatic heterocycles. The van der Waals surface area contributed by atoms with Crippen LogP contribution in [0.4, 0.5) is 0 Å². The van der Waals surface area contributed by atoms with E-state index in [9.17, 15) is 4.79 Å². The molecule has 0 aliphatic heterocycles. The van der Waals surface area contributed by atoms with Crippen LogP contribution in [0.1, 0.15) is 12.5 Å². The van der Waals surface area contributed by atoms with Gasteiger partial charge in [-0.05, 0) is 25.1 Å². The van der Waals surface area contributed by atoms with Crippen LogP contribution in [0.2, 0.25) is 0 Å². The van der Waals surface area contributed by atoms with Gasteiger partial charge < -0.3 is 4.74 Å². The van der Waals surface area contributed by atoms with Crippen LogP contribution in [0, 0.1) is 0 Å². The number of hydrogen-bond donors (Lipinski definition) is 0. The number of aromatic nitrogens is 2. The summed E-state index contributed by atoms with van der Waals surface area (Å²) in [6.07, 6.45) is 5.10. The minimum atomic E-state index is -0.350. The molecule has 0 fully saturated rings. The number of rotatable bonds is 4. The Hall–Kier alpha value is -2.88. The first-order valence-electron chi connectivity index (χ1n) is 7.17. The van der Waals surface area contributed by atoms with Crippen molar-refractivity contribution < 1.29 is 9.53 Å². The van der Waals surface area contributed by atoms with Crippen LogP contribution in [0.3, 0.4) is 0 Å². The van der Waals surface area contributed by atoms with Crippen LogP contribution in [-0.4, -0.2) is 22.2 Å². The number of esters is 1. The van der Waals surface area contributed by atoms with Crippen molar-refractivity contribution in [2.45, 2.75) is 6.92 Å². The molecule has 22 heavy (non-hydrogen) atoms. The van der Waals surface area contributed by atoms with Gasteiger partial charge in [0.2, 0.25) is 0 Å². The highest BCUT2D eigenvalue weighted by Gasteiger charge is 2.12. The lowest BCUT2D eigenvalue weighted by Gasteiger charge is -1.99. The van der Waals surface area contributed by atoms with E-state index in [1.54, 1.807) is 13.0 Å². The van der Waals surface area contributed by atoms with Gasteiger partial charge in [0, 0.05) is 23.4 Å². The molecule has 4 heteroatoms. The summed E-state index contributed by atoms with van der Waals surface area (Å²) in [4.78, 5) is 11.6. The first-order valence-corrected chi connectivity index (χ1v) is 7.17. The van der Waals surface area contributed by atoms with Crippen LogP contribution >= 0.6 is 0 Å². The summed E-state index contributed by atoms with van der Waals surface area (Å²) in [7, 11) is 0. The number of pyridine rings is 1. The van der Waals surface area contributed by atoms with Crippen LogP contribution in [0.25, 0.3) is 22.9 Å². The number of carbonyl (C=O) groups excluding carboxylic acids is 1. The fourth-order valence-corrected chi connectivity index (χ4v) is 2.33. The largest absolute Gasteiger partial charge is 0.463 e. The second kappa shape index (κ2) is 6.26. The Kier molecular flexibility index (Phi) is 4.01. The third-order valence-electron chi connectivity index (χ3n) is 3.30. The molecule has 0 amide bonds. The van der Waals surface area contributed by atoms with E-state index in [0.29, 0.717) is 6.61 Å². The molecular weight excluding hydrogens is 276 g/mol. The van der Waals surface area contributed by atoms with E-state index in [4.69, 9.17) is 4.74 Å². The molecule has 2 heterocycles. The van der Waals surface area contributed by atoms with Crippen LogP contribution in [0.5, 0.6) is 0 Å². The highest BCUT2D eigenvalue weighted by atomic mass is 16.5. The molecule has 0 saturated heterocycles. The average Bonchev–Trinajstić information content (AvgIpc) is 2.93. The Morgan fingerprint density at radius 1 is 1.18 bits per heavy atom. The fraction of sp³-hybridized carbons (Fsp3) is 0.111. The predicted octanol–water partition coefficient (Wildman–Crippen LogP) is 3.58. The third-order valence-corrected chi connectivity index (χ3v) is 3.30. The van der Waals surface area contributed by atoms with E-state index >= 15 is 0 Å². The Morgan fingerprint density at radius 2 is 1.95 bits per heavy atom.